The van der Waals surface area contributed by atoms with Crippen LogP contribution in [0.1, 0.15) is 60.8 Å². The molecule has 2 N–H and O–H groups in total. The summed E-state index contributed by atoms with van der Waals surface area (Å²) in [6.07, 6.45) is -4.71. The molecule has 1 aliphatic heterocycles. The highest BCUT2D eigenvalue weighted by Gasteiger charge is 2.41. The fourth-order valence-corrected chi connectivity index (χ4v) is 4.08. The van der Waals surface area contributed by atoms with Crippen LogP contribution >= 0.6 is 0 Å². The number of aromatic nitrogens is 3. The van der Waals surface area contributed by atoms with Crippen molar-refractivity contribution in [2.24, 2.45) is 0 Å². The van der Waals surface area contributed by atoms with E-state index in [1.54, 1.807) is 6.92 Å². The molecule has 0 saturated heterocycles. The average molecular weight is 470 g/mol. The second kappa shape index (κ2) is 8.62. The number of amides is 1. The summed E-state index contributed by atoms with van der Waals surface area (Å²) in [6.45, 7) is 9.60. The fourth-order valence-electron chi connectivity index (χ4n) is 4.08. The van der Waals surface area contributed by atoms with Gasteiger partial charge >= 0.3 is 6.18 Å². The van der Waals surface area contributed by atoms with Crippen molar-refractivity contribution in [3.05, 3.63) is 81.8 Å². The summed E-state index contributed by atoms with van der Waals surface area (Å²) in [5.74, 6) is -1.47. The van der Waals surface area contributed by atoms with Gasteiger partial charge in [-0.25, -0.2) is 4.68 Å². The van der Waals surface area contributed by atoms with Gasteiger partial charge < -0.3 is 10.6 Å². The number of allylic oxidation sites excluding steroid dienone is 1. The first kappa shape index (κ1) is 23.5. The monoisotopic (exact) mass is 469 g/mol. The van der Waals surface area contributed by atoms with E-state index in [2.05, 4.69) is 34.6 Å². The molecule has 9 heteroatoms. The molecule has 3 aromatic rings. The van der Waals surface area contributed by atoms with Crippen LogP contribution in [-0.4, -0.2) is 20.7 Å². The highest BCUT2D eigenvalue weighted by Crippen LogP contribution is 2.38. The number of nitrogens with one attached hydrogen (secondary N) is 2. The quantitative estimate of drug-likeness (QED) is 0.494. The van der Waals surface area contributed by atoms with E-state index < -0.39 is 23.9 Å². The van der Waals surface area contributed by atoms with Crippen molar-refractivity contribution >= 4 is 17.5 Å². The Hall–Kier alpha value is -3.62. The molecular formula is C25H26F3N5O. The van der Waals surface area contributed by atoms with Crippen LogP contribution in [0.5, 0.6) is 0 Å². The van der Waals surface area contributed by atoms with E-state index in [9.17, 15) is 18.0 Å². The third kappa shape index (κ3) is 4.42. The Bertz CT molecular complexity index is 1270. The fraction of sp³-hybridized carbons (Fsp3) is 0.320. The SMILES string of the molecule is CC1=C(C(=O)Nc2ccc(C)cc2C)[C@@H](c2ccc(C(C)C)cc2)n2nc(C(F)(F)F)nc2N1. The van der Waals surface area contributed by atoms with Crippen LogP contribution in [0.4, 0.5) is 24.8 Å². The molecule has 1 amide bonds. The summed E-state index contributed by atoms with van der Waals surface area (Å²) in [7, 11) is 0. The van der Waals surface area contributed by atoms with Crippen molar-refractivity contribution in [2.75, 3.05) is 10.6 Å². The molecule has 34 heavy (non-hydrogen) atoms. The number of benzene rings is 2. The molecule has 0 bridgehead atoms. The minimum atomic E-state index is -4.71. The Morgan fingerprint density at radius 3 is 2.35 bits per heavy atom. The largest absolute Gasteiger partial charge is 0.453 e. The number of alkyl halides is 3. The number of hydrogen-bond acceptors (Lipinski definition) is 4. The van der Waals surface area contributed by atoms with Crippen LogP contribution in [0.25, 0.3) is 0 Å². The standard InChI is InChI=1S/C25H26F3N5O/c1-13(2)17-7-9-18(10-8-17)21-20(22(34)30-19-11-6-14(3)12-15(19)4)16(5)29-24-31-23(25(26,27)28)32-33(21)24/h6-13,21H,1-5H3,(H,30,34)(H,29,31,32)/t21-/m1/s1. The molecule has 0 spiro atoms. The van der Waals surface area contributed by atoms with Gasteiger partial charge in [0.15, 0.2) is 0 Å². The van der Waals surface area contributed by atoms with E-state index in [1.165, 1.54) is 0 Å². The van der Waals surface area contributed by atoms with Gasteiger partial charge in [-0.3, -0.25) is 4.79 Å². The first-order valence-electron chi connectivity index (χ1n) is 11.0. The molecule has 2 aromatic carbocycles. The number of nitrogens with zero attached hydrogens (tertiary/aromatic N) is 3. The number of fused-ring (bicyclic) bond motifs is 1. The van der Waals surface area contributed by atoms with Crippen molar-refractivity contribution in [3.8, 4) is 0 Å². The molecular weight excluding hydrogens is 443 g/mol. The third-order valence-electron chi connectivity index (χ3n) is 5.90. The molecule has 2 heterocycles. The summed E-state index contributed by atoms with van der Waals surface area (Å²) in [5.41, 5.74) is 4.96. The van der Waals surface area contributed by atoms with E-state index in [0.717, 1.165) is 21.4 Å². The van der Waals surface area contributed by atoms with Gasteiger partial charge in [0.2, 0.25) is 5.95 Å². The molecule has 1 atom stereocenters. The second-order valence-electron chi connectivity index (χ2n) is 8.86. The van der Waals surface area contributed by atoms with Crippen LogP contribution in [0.2, 0.25) is 0 Å². The van der Waals surface area contributed by atoms with Gasteiger partial charge in [0.05, 0.1) is 5.57 Å². The minimum absolute atomic E-state index is 0.0640. The summed E-state index contributed by atoms with van der Waals surface area (Å²) < 4.78 is 41.3. The Morgan fingerprint density at radius 2 is 1.76 bits per heavy atom. The lowest BCUT2D eigenvalue weighted by Crippen LogP contribution is -2.31. The molecule has 0 radical (unpaired) electrons. The van der Waals surface area contributed by atoms with E-state index >= 15 is 0 Å². The Labute approximate surface area is 195 Å². The maximum atomic E-state index is 13.5. The molecule has 0 unspecified atom stereocenters. The van der Waals surface area contributed by atoms with Crippen molar-refractivity contribution in [3.63, 3.8) is 0 Å². The normalized spacial score (nSPS) is 15.9. The van der Waals surface area contributed by atoms with E-state index in [0.29, 0.717) is 16.9 Å². The van der Waals surface area contributed by atoms with Gasteiger partial charge in [0.25, 0.3) is 11.7 Å². The number of aryl methyl sites for hydroxylation is 2. The van der Waals surface area contributed by atoms with Gasteiger partial charge in [0, 0.05) is 11.4 Å². The summed E-state index contributed by atoms with van der Waals surface area (Å²) in [5, 5.41) is 9.49. The zero-order valence-corrected chi connectivity index (χ0v) is 19.6. The zero-order chi connectivity index (χ0) is 24.8. The number of anilines is 2. The van der Waals surface area contributed by atoms with E-state index in [4.69, 9.17) is 0 Å². The molecule has 0 saturated carbocycles. The van der Waals surface area contributed by atoms with Crippen LogP contribution in [0.15, 0.2) is 53.7 Å². The first-order valence-corrected chi connectivity index (χ1v) is 11.0. The summed E-state index contributed by atoms with van der Waals surface area (Å²) in [6, 6.07) is 12.2. The molecule has 178 valence electrons. The number of carbonyl (C=O) groups is 1. The summed E-state index contributed by atoms with van der Waals surface area (Å²) in [4.78, 5) is 17.1. The van der Waals surface area contributed by atoms with Gasteiger partial charge in [-0.05, 0) is 49.4 Å². The summed E-state index contributed by atoms with van der Waals surface area (Å²) >= 11 is 0. The van der Waals surface area contributed by atoms with Crippen molar-refractivity contribution in [1.82, 2.24) is 14.8 Å². The maximum Gasteiger partial charge on any atom is 0.453 e. The molecule has 1 aromatic heterocycles. The van der Waals surface area contributed by atoms with Crippen molar-refractivity contribution in [2.45, 2.75) is 52.8 Å². The van der Waals surface area contributed by atoms with Crippen LogP contribution < -0.4 is 10.6 Å². The highest BCUT2D eigenvalue weighted by atomic mass is 19.4. The average Bonchev–Trinajstić information content (AvgIpc) is 3.19. The predicted molar refractivity (Wildman–Crippen MR) is 125 cm³/mol. The van der Waals surface area contributed by atoms with Gasteiger partial charge in [-0.2, -0.15) is 18.2 Å². The first-order chi connectivity index (χ1) is 16.0. The van der Waals surface area contributed by atoms with Crippen LogP contribution in [-0.2, 0) is 11.0 Å². The molecule has 6 nitrogen and oxygen atoms in total. The van der Waals surface area contributed by atoms with Gasteiger partial charge in [-0.15, -0.1) is 5.10 Å². The van der Waals surface area contributed by atoms with Crippen LogP contribution in [0, 0.1) is 13.8 Å². The maximum absolute atomic E-state index is 13.5. The number of rotatable bonds is 4. The van der Waals surface area contributed by atoms with E-state index in [-0.39, 0.29) is 17.4 Å². The van der Waals surface area contributed by atoms with Crippen LogP contribution in [0.3, 0.4) is 0 Å². The minimum Gasteiger partial charge on any atom is -0.328 e. The van der Waals surface area contributed by atoms with Crippen molar-refractivity contribution in [1.29, 1.82) is 0 Å². The molecule has 0 aliphatic carbocycles. The van der Waals surface area contributed by atoms with Crippen molar-refractivity contribution < 1.29 is 18.0 Å². The smallest absolute Gasteiger partial charge is 0.328 e. The predicted octanol–water partition coefficient (Wildman–Crippen LogP) is 5.96. The Kier molecular flexibility index (Phi) is 5.97. The topological polar surface area (TPSA) is 71.8 Å². The molecule has 4 rings (SSSR count). The lowest BCUT2D eigenvalue weighted by atomic mass is 9.92. The lowest BCUT2D eigenvalue weighted by Gasteiger charge is -2.29. The van der Waals surface area contributed by atoms with E-state index in [1.807, 2.05) is 56.3 Å². The number of hydrogen-bond donors (Lipinski definition) is 2. The van der Waals surface area contributed by atoms with Gasteiger partial charge in [-0.1, -0.05) is 55.8 Å². The number of halogens is 3. The zero-order valence-electron chi connectivity index (χ0n) is 19.6. The highest BCUT2D eigenvalue weighted by molar-refractivity contribution is 6.06. The molecule has 0 fully saturated rings. The second-order valence-corrected chi connectivity index (χ2v) is 8.86. The third-order valence-corrected chi connectivity index (χ3v) is 5.90. The Morgan fingerprint density at radius 1 is 1.09 bits per heavy atom. The van der Waals surface area contributed by atoms with Gasteiger partial charge in [0.1, 0.15) is 6.04 Å². The molecule has 1 aliphatic rings. The Balaban J connectivity index is 1.81. The number of carbonyl (C=O) groups excluding carboxylic acids is 1. The lowest BCUT2D eigenvalue weighted by molar-refractivity contribution is -0.145.